The molecule has 2 heterocycles. The zero-order valence-electron chi connectivity index (χ0n) is 19.6. The van der Waals surface area contributed by atoms with Gasteiger partial charge in [0, 0.05) is 39.9 Å². The second-order valence-corrected chi connectivity index (χ2v) is 9.56. The number of aromatic amines is 1. The molecule has 4 rings (SSSR count). The molecule has 7 heteroatoms. The fourth-order valence-corrected chi connectivity index (χ4v) is 4.95. The first kappa shape index (κ1) is 22.9. The zero-order valence-corrected chi connectivity index (χ0v) is 20.4. The van der Waals surface area contributed by atoms with Gasteiger partial charge in [0.25, 0.3) is 5.56 Å². The lowest BCUT2D eigenvalue weighted by Gasteiger charge is -2.09. The fraction of sp³-hybridized carbons (Fsp3) is 0.269. The third-order valence-electron chi connectivity index (χ3n) is 6.01. The highest BCUT2D eigenvalue weighted by Crippen LogP contribution is 2.30. The van der Waals surface area contributed by atoms with Gasteiger partial charge in [-0.05, 0) is 87.2 Å². The van der Waals surface area contributed by atoms with Crippen molar-refractivity contribution in [1.82, 2.24) is 14.8 Å². The maximum absolute atomic E-state index is 12.6. The molecular weight excluding hydrogens is 432 g/mol. The maximum Gasteiger partial charge on any atom is 0.253 e. The molecule has 2 aromatic heterocycles. The van der Waals surface area contributed by atoms with Gasteiger partial charge in [0.1, 0.15) is 5.65 Å². The second-order valence-electron chi connectivity index (χ2n) is 8.41. The molecule has 0 saturated carbocycles. The van der Waals surface area contributed by atoms with E-state index in [-0.39, 0.29) is 17.9 Å². The minimum Gasteiger partial charge on any atom is -0.326 e. The van der Waals surface area contributed by atoms with Crippen LogP contribution in [0.5, 0.6) is 0 Å². The van der Waals surface area contributed by atoms with Crippen molar-refractivity contribution in [3.8, 4) is 0 Å². The van der Waals surface area contributed by atoms with E-state index >= 15 is 0 Å². The first-order valence-corrected chi connectivity index (χ1v) is 11.7. The number of carbonyl (C=O) groups excluding carboxylic acids is 1. The molecule has 0 unspecified atom stereocenters. The Labute approximate surface area is 197 Å². The number of aromatic nitrogens is 3. The third kappa shape index (κ3) is 4.88. The SMILES string of the molecule is Cc1ccc(Sc2ccc(NC(=O)CCc3c(C)c4c(C)nn(C)c4[nH]c3=O)cc2)cc1C. The Kier molecular flexibility index (Phi) is 6.42. The van der Waals surface area contributed by atoms with E-state index in [0.29, 0.717) is 17.6 Å². The minimum atomic E-state index is -0.163. The van der Waals surface area contributed by atoms with Crippen LogP contribution in [0.1, 0.15) is 34.4 Å². The molecule has 0 aliphatic carbocycles. The van der Waals surface area contributed by atoms with Gasteiger partial charge in [-0.1, -0.05) is 17.8 Å². The lowest BCUT2D eigenvalue weighted by Crippen LogP contribution is -2.19. The van der Waals surface area contributed by atoms with Crippen molar-refractivity contribution in [1.29, 1.82) is 0 Å². The molecule has 0 saturated heterocycles. The molecule has 0 spiro atoms. The number of amides is 1. The van der Waals surface area contributed by atoms with E-state index in [4.69, 9.17) is 0 Å². The number of hydrogen-bond acceptors (Lipinski definition) is 4. The highest BCUT2D eigenvalue weighted by Gasteiger charge is 2.16. The number of rotatable bonds is 6. The molecular formula is C26H28N4O2S. The normalized spacial score (nSPS) is 11.2. The minimum absolute atomic E-state index is 0.119. The van der Waals surface area contributed by atoms with Gasteiger partial charge in [-0.3, -0.25) is 14.3 Å². The Hall–Kier alpha value is -3.32. The second kappa shape index (κ2) is 9.27. The largest absolute Gasteiger partial charge is 0.326 e. The highest BCUT2D eigenvalue weighted by atomic mass is 32.2. The Balaban J connectivity index is 1.40. The number of anilines is 1. The van der Waals surface area contributed by atoms with E-state index < -0.39 is 0 Å². The molecule has 33 heavy (non-hydrogen) atoms. The number of fused-ring (bicyclic) bond motifs is 1. The predicted molar refractivity (Wildman–Crippen MR) is 134 cm³/mol. The van der Waals surface area contributed by atoms with Gasteiger partial charge in [0.05, 0.1) is 5.69 Å². The number of nitrogens with one attached hydrogen (secondary N) is 2. The average Bonchev–Trinajstić information content (AvgIpc) is 3.05. The number of pyridine rings is 1. The Bertz CT molecular complexity index is 1400. The van der Waals surface area contributed by atoms with Crippen LogP contribution in [0.3, 0.4) is 0 Å². The lowest BCUT2D eigenvalue weighted by atomic mass is 10.0. The highest BCUT2D eigenvalue weighted by molar-refractivity contribution is 7.99. The van der Waals surface area contributed by atoms with E-state index in [1.165, 1.54) is 16.0 Å². The summed E-state index contributed by atoms with van der Waals surface area (Å²) in [4.78, 5) is 30.3. The van der Waals surface area contributed by atoms with Crippen LogP contribution in [-0.4, -0.2) is 20.7 Å². The van der Waals surface area contributed by atoms with Crippen LogP contribution >= 0.6 is 11.8 Å². The van der Waals surface area contributed by atoms with E-state index in [1.54, 1.807) is 16.4 Å². The quantitative estimate of drug-likeness (QED) is 0.414. The van der Waals surface area contributed by atoms with Crippen molar-refractivity contribution in [2.24, 2.45) is 7.05 Å². The molecule has 0 atom stereocenters. The summed E-state index contributed by atoms with van der Waals surface area (Å²) in [5, 5.41) is 8.27. The first-order valence-electron chi connectivity index (χ1n) is 10.9. The van der Waals surface area contributed by atoms with Crippen molar-refractivity contribution in [3.63, 3.8) is 0 Å². The molecule has 2 N–H and O–H groups in total. The molecule has 0 aliphatic rings. The molecule has 1 amide bonds. The lowest BCUT2D eigenvalue weighted by molar-refractivity contribution is -0.116. The van der Waals surface area contributed by atoms with Gasteiger partial charge in [-0.15, -0.1) is 0 Å². The van der Waals surface area contributed by atoms with E-state index in [2.05, 4.69) is 47.4 Å². The number of nitrogens with zero attached hydrogens (tertiary/aromatic N) is 2. The Morgan fingerprint density at radius 3 is 2.42 bits per heavy atom. The van der Waals surface area contributed by atoms with Crippen LogP contribution in [0.25, 0.3) is 11.0 Å². The molecule has 4 aromatic rings. The Morgan fingerprint density at radius 2 is 1.73 bits per heavy atom. The summed E-state index contributed by atoms with van der Waals surface area (Å²) in [7, 11) is 1.81. The van der Waals surface area contributed by atoms with Crippen molar-refractivity contribution in [3.05, 3.63) is 80.8 Å². The predicted octanol–water partition coefficient (Wildman–Crippen LogP) is 5.22. The number of carbonyl (C=O) groups is 1. The van der Waals surface area contributed by atoms with Crippen molar-refractivity contribution < 1.29 is 4.79 Å². The average molecular weight is 461 g/mol. The molecule has 0 aliphatic heterocycles. The van der Waals surface area contributed by atoms with Crippen LogP contribution in [0.4, 0.5) is 5.69 Å². The number of benzene rings is 2. The molecule has 2 aromatic carbocycles. The summed E-state index contributed by atoms with van der Waals surface area (Å²) >= 11 is 1.69. The van der Waals surface area contributed by atoms with Crippen LogP contribution in [0.15, 0.2) is 57.1 Å². The molecule has 170 valence electrons. The van der Waals surface area contributed by atoms with E-state index in [0.717, 1.165) is 27.2 Å². The fourth-order valence-electron chi connectivity index (χ4n) is 4.04. The summed E-state index contributed by atoms with van der Waals surface area (Å²) in [6, 6.07) is 14.3. The Morgan fingerprint density at radius 1 is 1.03 bits per heavy atom. The molecule has 0 bridgehead atoms. The van der Waals surface area contributed by atoms with Crippen molar-refractivity contribution in [2.45, 2.75) is 50.3 Å². The van der Waals surface area contributed by atoms with E-state index in [1.807, 2.05) is 45.2 Å². The summed E-state index contributed by atoms with van der Waals surface area (Å²) in [5.74, 6) is -0.119. The maximum atomic E-state index is 12.6. The van der Waals surface area contributed by atoms with Crippen molar-refractivity contribution in [2.75, 3.05) is 5.32 Å². The summed E-state index contributed by atoms with van der Waals surface area (Å²) in [5.41, 5.74) is 6.24. The number of aryl methyl sites for hydroxylation is 5. The monoisotopic (exact) mass is 460 g/mol. The van der Waals surface area contributed by atoms with Crippen LogP contribution < -0.4 is 10.9 Å². The van der Waals surface area contributed by atoms with Gasteiger partial charge in [0.2, 0.25) is 5.91 Å². The van der Waals surface area contributed by atoms with Gasteiger partial charge in [0.15, 0.2) is 0 Å². The molecule has 0 radical (unpaired) electrons. The van der Waals surface area contributed by atoms with Crippen molar-refractivity contribution >= 4 is 34.4 Å². The zero-order chi connectivity index (χ0) is 23.7. The number of H-pyrrole nitrogens is 1. The molecule has 6 nitrogen and oxygen atoms in total. The number of hydrogen-bond donors (Lipinski definition) is 2. The van der Waals surface area contributed by atoms with Crippen LogP contribution in [-0.2, 0) is 18.3 Å². The smallest absolute Gasteiger partial charge is 0.253 e. The first-order chi connectivity index (χ1) is 15.7. The van der Waals surface area contributed by atoms with Gasteiger partial charge >= 0.3 is 0 Å². The van der Waals surface area contributed by atoms with Crippen LogP contribution in [0.2, 0.25) is 0 Å². The van der Waals surface area contributed by atoms with Crippen LogP contribution in [0, 0.1) is 27.7 Å². The topological polar surface area (TPSA) is 79.8 Å². The molecule has 0 fully saturated rings. The summed E-state index contributed by atoms with van der Waals surface area (Å²) in [6.45, 7) is 8.07. The summed E-state index contributed by atoms with van der Waals surface area (Å²) in [6.07, 6.45) is 0.603. The van der Waals surface area contributed by atoms with Gasteiger partial charge in [-0.2, -0.15) is 5.10 Å². The van der Waals surface area contributed by atoms with E-state index in [9.17, 15) is 9.59 Å². The van der Waals surface area contributed by atoms with Gasteiger partial charge < -0.3 is 10.3 Å². The third-order valence-corrected chi connectivity index (χ3v) is 7.01. The summed E-state index contributed by atoms with van der Waals surface area (Å²) < 4.78 is 1.68. The standard InChI is InChI=1S/C26H28N4O2S/c1-15-6-9-21(14-16(15)2)33-20-10-7-19(8-11-20)27-23(31)13-12-22-17(3)24-18(4)29-30(5)25(24)28-26(22)32/h6-11,14H,12-13H2,1-5H3,(H,27,31)(H,28,32). The van der Waals surface area contributed by atoms with Gasteiger partial charge in [-0.25, -0.2) is 0 Å².